The van der Waals surface area contributed by atoms with Crippen LogP contribution in [0.15, 0.2) is 52.8 Å². The molecule has 0 saturated carbocycles. The average molecular weight is 318 g/mol. The van der Waals surface area contributed by atoms with Crippen molar-refractivity contribution in [3.05, 3.63) is 69.6 Å². The van der Waals surface area contributed by atoms with E-state index in [-0.39, 0.29) is 5.56 Å². The first-order valence-corrected chi connectivity index (χ1v) is 7.79. The van der Waals surface area contributed by atoms with Gasteiger partial charge in [0, 0.05) is 23.2 Å². The van der Waals surface area contributed by atoms with Gasteiger partial charge in [-0.3, -0.25) is 4.79 Å². The fraction of sp³-hybridized carbons (Fsp3) is 0.133. The van der Waals surface area contributed by atoms with Gasteiger partial charge in [-0.25, -0.2) is 9.67 Å². The molecule has 0 bridgehead atoms. The third kappa shape index (κ3) is 3.20. The predicted octanol–water partition coefficient (Wildman–Crippen LogP) is 3.15. The molecular formula is C15H12ClN3OS. The monoisotopic (exact) mass is 317 g/mol. The van der Waals surface area contributed by atoms with Crippen LogP contribution in [-0.2, 0) is 12.4 Å². The fourth-order valence-corrected chi connectivity index (χ4v) is 2.99. The molecule has 2 heterocycles. The second kappa shape index (κ2) is 6.20. The van der Waals surface area contributed by atoms with Gasteiger partial charge in [-0.1, -0.05) is 24.3 Å². The van der Waals surface area contributed by atoms with E-state index in [0.717, 1.165) is 21.8 Å². The maximum atomic E-state index is 11.6. The van der Waals surface area contributed by atoms with Crippen molar-refractivity contribution >= 4 is 22.9 Å². The summed E-state index contributed by atoms with van der Waals surface area (Å²) >= 11 is 7.34. The largest absolute Gasteiger partial charge is 0.268 e. The molecule has 1 aromatic carbocycles. The van der Waals surface area contributed by atoms with Gasteiger partial charge in [-0.05, 0) is 11.6 Å². The summed E-state index contributed by atoms with van der Waals surface area (Å²) in [7, 11) is 0. The Morgan fingerprint density at radius 1 is 1.19 bits per heavy atom. The highest BCUT2D eigenvalue weighted by Crippen LogP contribution is 2.24. The molecule has 0 fully saturated rings. The smallest absolute Gasteiger partial charge is 0.267 e. The predicted molar refractivity (Wildman–Crippen MR) is 84.7 cm³/mol. The summed E-state index contributed by atoms with van der Waals surface area (Å²) in [5, 5.41) is 6.96. The number of halogens is 1. The van der Waals surface area contributed by atoms with Crippen LogP contribution in [0.2, 0.25) is 0 Å². The number of thiazole rings is 1. The van der Waals surface area contributed by atoms with Crippen molar-refractivity contribution in [2.45, 2.75) is 12.4 Å². The Balaban J connectivity index is 1.81. The van der Waals surface area contributed by atoms with Crippen LogP contribution in [0.4, 0.5) is 0 Å². The van der Waals surface area contributed by atoms with E-state index in [1.165, 1.54) is 10.7 Å². The van der Waals surface area contributed by atoms with E-state index < -0.39 is 0 Å². The van der Waals surface area contributed by atoms with E-state index in [9.17, 15) is 4.79 Å². The number of rotatable bonds is 4. The number of aromatic nitrogens is 3. The van der Waals surface area contributed by atoms with E-state index in [4.69, 9.17) is 11.6 Å². The summed E-state index contributed by atoms with van der Waals surface area (Å²) in [4.78, 5) is 16.1. The van der Waals surface area contributed by atoms with Gasteiger partial charge < -0.3 is 0 Å². The molecule has 0 unspecified atom stereocenters. The molecule has 6 heteroatoms. The van der Waals surface area contributed by atoms with Crippen molar-refractivity contribution in [3.63, 3.8) is 0 Å². The van der Waals surface area contributed by atoms with E-state index in [0.29, 0.717) is 12.4 Å². The van der Waals surface area contributed by atoms with E-state index in [1.807, 2.05) is 29.6 Å². The highest BCUT2D eigenvalue weighted by Gasteiger charge is 2.05. The second-order valence-corrected chi connectivity index (χ2v) is 5.62. The van der Waals surface area contributed by atoms with Gasteiger partial charge in [-0.2, -0.15) is 5.10 Å². The summed E-state index contributed by atoms with van der Waals surface area (Å²) < 4.78 is 1.43. The molecule has 0 spiro atoms. The highest BCUT2D eigenvalue weighted by molar-refractivity contribution is 7.13. The van der Waals surface area contributed by atoms with Crippen LogP contribution in [0, 0.1) is 0 Å². The first-order chi connectivity index (χ1) is 10.3. The van der Waals surface area contributed by atoms with Gasteiger partial charge in [0.2, 0.25) is 0 Å². The first-order valence-electron chi connectivity index (χ1n) is 6.38. The number of alkyl halides is 1. The van der Waals surface area contributed by atoms with Crippen LogP contribution in [0.1, 0.15) is 11.3 Å². The molecule has 0 aliphatic heterocycles. The zero-order valence-electron chi connectivity index (χ0n) is 11.1. The molecule has 3 rings (SSSR count). The number of benzene rings is 1. The summed E-state index contributed by atoms with van der Waals surface area (Å²) in [6.07, 6.45) is 1.61. The Labute approximate surface area is 130 Å². The van der Waals surface area contributed by atoms with Crippen LogP contribution >= 0.6 is 22.9 Å². The lowest BCUT2D eigenvalue weighted by Crippen LogP contribution is -2.21. The second-order valence-electron chi connectivity index (χ2n) is 4.49. The van der Waals surface area contributed by atoms with E-state index >= 15 is 0 Å². The lowest BCUT2D eigenvalue weighted by molar-refractivity contribution is 0.639. The van der Waals surface area contributed by atoms with Crippen molar-refractivity contribution in [2.24, 2.45) is 0 Å². The Morgan fingerprint density at radius 2 is 2.00 bits per heavy atom. The molecule has 0 aliphatic rings. The Hall–Kier alpha value is -1.98. The molecule has 4 nitrogen and oxygen atoms in total. The minimum absolute atomic E-state index is 0.103. The van der Waals surface area contributed by atoms with Crippen LogP contribution in [0.5, 0.6) is 0 Å². The normalized spacial score (nSPS) is 10.7. The molecule has 0 aliphatic carbocycles. The van der Waals surface area contributed by atoms with E-state index in [2.05, 4.69) is 10.1 Å². The van der Waals surface area contributed by atoms with Crippen LogP contribution in [0.3, 0.4) is 0 Å². The molecule has 0 amide bonds. The number of hydrogen-bond donors (Lipinski definition) is 0. The Bertz CT molecular complexity index is 795. The third-order valence-corrected chi connectivity index (χ3v) is 4.22. The zero-order valence-corrected chi connectivity index (χ0v) is 12.6. The standard InChI is InChI=1S/C15H12ClN3OS/c16-8-13-10-21-15(18-13)12-5-3-11(4-6-12)9-19-14(20)2-1-7-17-19/h1-7,10H,8-9H2. The number of hydrogen-bond acceptors (Lipinski definition) is 4. The molecule has 0 N–H and O–H groups in total. The maximum absolute atomic E-state index is 11.6. The molecule has 0 saturated heterocycles. The molecular weight excluding hydrogens is 306 g/mol. The topological polar surface area (TPSA) is 47.8 Å². The van der Waals surface area contributed by atoms with Gasteiger partial charge >= 0.3 is 0 Å². The fourth-order valence-electron chi connectivity index (χ4n) is 1.93. The molecule has 0 radical (unpaired) electrons. The molecule has 3 aromatic rings. The first kappa shape index (κ1) is 14.0. The van der Waals surface area contributed by atoms with Gasteiger partial charge in [0.15, 0.2) is 0 Å². The lowest BCUT2D eigenvalue weighted by atomic mass is 10.1. The van der Waals surface area contributed by atoms with Gasteiger partial charge in [0.1, 0.15) is 5.01 Å². The molecule has 21 heavy (non-hydrogen) atoms. The molecule has 0 atom stereocenters. The highest BCUT2D eigenvalue weighted by atomic mass is 35.5. The quantitative estimate of drug-likeness (QED) is 0.694. The summed E-state index contributed by atoms with van der Waals surface area (Å²) in [6.45, 7) is 0.463. The number of nitrogens with zero attached hydrogens (tertiary/aromatic N) is 3. The average Bonchev–Trinajstić information content (AvgIpc) is 2.99. The minimum atomic E-state index is -0.103. The lowest BCUT2D eigenvalue weighted by Gasteiger charge is -2.04. The van der Waals surface area contributed by atoms with Crippen molar-refractivity contribution in [3.8, 4) is 10.6 Å². The van der Waals surface area contributed by atoms with Crippen LogP contribution in [0.25, 0.3) is 10.6 Å². The van der Waals surface area contributed by atoms with Crippen molar-refractivity contribution in [2.75, 3.05) is 0 Å². The summed E-state index contributed by atoms with van der Waals surface area (Å²) in [5.41, 5.74) is 2.86. The van der Waals surface area contributed by atoms with Gasteiger partial charge in [-0.15, -0.1) is 22.9 Å². The van der Waals surface area contributed by atoms with E-state index in [1.54, 1.807) is 23.6 Å². The van der Waals surface area contributed by atoms with Crippen LogP contribution in [-0.4, -0.2) is 14.8 Å². The van der Waals surface area contributed by atoms with Crippen molar-refractivity contribution in [1.29, 1.82) is 0 Å². The zero-order chi connectivity index (χ0) is 14.7. The third-order valence-electron chi connectivity index (χ3n) is 3.01. The van der Waals surface area contributed by atoms with Gasteiger partial charge in [0.05, 0.1) is 18.1 Å². The summed E-state index contributed by atoms with van der Waals surface area (Å²) in [5.74, 6) is 0.428. The molecule has 2 aromatic heterocycles. The Kier molecular flexibility index (Phi) is 4.13. The maximum Gasteiger partial charge on any atom is 0.267 e. The van der Waals surface area contributed by atoms with Gasteiger partial charge in [0.25, 0.3) is 5.56 Å². The molecule has 106 valence electrons. The van der Waals surface area contributed by atoms with Crippen LogP contribution < -0.4 is 5.56 Å². The minimum Gasteiger partial charge on any atom is -0.268 e. The summed E-state index contributed by atoms with van der Waals surface area (Å²) in [6, 6.07) is 11.1. The Morgan fingerprint density at radius 3 is 2.67 bits per heavy atom. The van der Waals surface area contributed by atoms with Crippen molar-refractivity contribution in [1.82, 2.24) is 14.8 Å². The SMILES string of the molecule is O=c1cccnn1Cc1ccc(-c2nc(CCl)cs2)cc1. The van der Waals surface area contributed by atoms with Crippen molar-refractivity contribution < 1.29 is 0 Å².